The molecule has 0 fully saturated rings. The first-order valence-electron chi connectivity index (χ1n) is 5.73. The van der Waals surface area contributed by atoms with Gasteiger partial charge in [-0.3, -0.25) is 0 Å². The van der Waals surface area contributed by atoms with Gasteiger partial charge in [0.2, 0.25) is 0 Å². The van der Waals surface area contributed by atoms with Crippen LogP contribution in [0, 0.1) is 13.8 Å². The number of methoxy groups -OCH3 is 1. The van der Waals surface area contributed by atoms with Crippen molar-refractivity contribution in [2.45, 2.75) is 20.4 Å². The fraction of sp³-hybridized carbons (Fsp3) is 0.286. The number of anilines is 1. The average molecular weight is 326 g/mol. The summed E-state index contributed by atoms with van der Waals surface area (Å²) in [5, 5.41) is 3.45. The van der Waals surface area contributed by atoms with Crippen molar-refractivity contribution in [2.75, 3.05) is 12.4 Å². The van der Waals surface area contributed by atoms with Crippen LogP contribution in [-0.4, -0.2) is 7.11 Å². The highest BCUT2D eigenvalue weighted by atomic mass is 79.9. The van der Waals surface area contributed by atoms with Crippen molar-refractivity contribution in [1.82, 2.24) is 0 Å². The quantitative estimate of drug-likeness (QED) is 0.875. The van der Waals surface area contributed by atoms with Gasteiger partial charge in [0.1, 0.15) is 5.75 Å². The number of thiophene rings is 1. The molecule has 96 valence electrons. The number of halogens is 1. The molecule has 1 heterocycles. The van der Waals surface area contributed by atoms with Crippen LogP contribution in [0.2, 0.25) is 0 Å². The lowest BCUT2D eigenvalue weighted by Crippen LogP contribution is -1.99. The minimum Gasteiger partial charge on any atom is -0.497 e. The zero-order chi connectivity index (χ0) is 13.1. The summed E-state index contributed by atoms with van der Waals surface area (Å²) in [5.41, 5.74) is 2.35. The van der Waals surface area contributed by atoms with E-state index in [9.17, 15) is 0 Å². The fourth-order valence-corrected chi connectivity index (χ4v) is 3.25. The van der Waals surface area contributed by atoms with E-state index in [1.807, 2.05) is 23.5 Å². The lowest BCUT2D eigenvalue weighted by Gasteiger charge is -2.10. The first-order valence-corrected chi connectivity index (χ1v) is 7.34. The lowest BCUT2D eigenvalue weighted by atomic mass is 10.2. The number of hydrogen-bond donors (Lipinski definition) is 1. The molecule has 2 rings (SSSR count). The highest BCUT2D eigenvalue weighted by molar-refractivity contribution is 9.10. The molecular weight excluding hydrogens is 310 g/mol. The molecule has 0 aliphatic carbocycles. The molecule has 0 atom stereocenters. The SMILES string of the molecule is COc1ccc(C)c(NCc2cc(Br)c(C)s2)c1. The topological polar surface area (TPSA) is 21.3 Å². The summed E-state index contributed by atoms with van der Waals surface area (Å²) in [6.07, 6.45) is 0. The van der Waals surface area contributed by atoms with E-state index in [1.54, 1.807) is 7.11 Å². The Labute approximate surface area is 120 Å². The molecule has 0 saturated heterocycles. The predicted octanol–water partition coefficient (Wildman–Crippen LogP) is 4.75. The van der Waals surface area contributed by atoms with Crippen molar-refractivity contribution < 1.29 is 4.74 Å². The van der Waals surface area contributed by atoms with Crippen LogP contribution in [0.4, 0.5) is 5.69 Å². The number of aryl methyl sites for hydroxylation is 2. The molecule has 0 bridgehead atoms. The lowest BCUT2D eigenvalue weighted by molar-refractivity contribution is 0.415. The molecule has 0 amide bonds. The molecule has 2 aromatic rings. The average Bonchev–Trinajstić information content (AvgIpc) is 2.68. The van der Waals surface area contributed by atoms with E-state index in [-0.39, 0.29) is 0 Å². The van der Waals surface area contributed by atoms with Gasteiger partial charge in [-0.05, 0) is 47.5 Å². The van der Waals surface area contributed by atoms with Crippen molar-refractivity contribution in [2.24, 2.45) is 0 Å². The molecule has 0 aliphatic rings. The zero-order valence-corrected chi connectivity index (χ0v) is 13.1. The van der Waals surface area contributed by atoms with E-state index in [1.165, 1.54) is 19.8 Å². The summed E-state index contributed by atoms with van der Waals surface area (Å²) < 4.78 is 6.43. The number of benzene rings is 1. The van der Waals surface area contributed by atoms with Gasteiger partial charge in [-0.15, -0.1) is 11.3 Å². The summed E-state index contributed by atoms with van der Waals surface area (Å²) >= 11 is 5.35. The molecule has 2 nitrogen and oxygen atoms in total. The third-order valence-corrected chi connectivity index (χ3v) is 4.94. The van der Waals surface area contributed by atoms with Crippen LogP contribution in [0.15, 0.2) is 28.7 Å². The monoisotopic (exact) mass is 325 g/mol. The number of hydrogen-bond acceptors (Lipinski definition) is 3. The Balaban J connectivity index is 2.10. The third kappa shape index (κ3) is 3.06. The van der Waals surface area contributed by atoms with Gasteiger partial charge in [0.05, 0.1) is 7.11 Å². The molecule has 1 aromatic carbocycles. The fourth-order valence-electron chi connectivity index (χ4n) is 1.71. The van der Waals surface area contributed by atoms with E-state index in [2.05, 4.69) is 47.2 Å². The molecule has 0 aliphatic heterocycles. The Bertz CT molecular complexity index is 531. The highest BCUT2D eigenvalue weighted by Gasteiger charge is 2.04. The van der Waals surface area contributed by atoms with Crippen LogP contribution in [-0.2, 0) is 6.54 Å². The molecule has 4 heteroatoms. The maximum Gasteiger partial charge on any atom is 0.120 e. The molecule has 0 radical (unpaired) electrons. The summed E-state index contributed by atoms with van der Waals surface area (Å²) in [6, 6.07) is 8.25. The second-order valence-corrected chi connectivity index (χ2v) is 6.35. The Morgan fingerprint density at radius 1 is 1.28 bits per heavy atom. The maximum atomic E-state index is 5.24. The maximum absolute atomic E-state index is 5.24. The van der Waals surface area contributed by atoms with Gasteiger partial charge in [-0.25, -0.2) is 0 Å². The van der Waals surface area contributed by atoms with E-state index in [4.69, 9.17) is 4.74 Å². The van der Waals surface area contributed by atoms with Gasteiger partial charge in [-0.2, -0.15) is 0 Å². The van der Waals surface area contributed by atoms with Crippen LogP contribution in [0.25, 0.3) is 0 Å². The van der Waals surface area contributed by atoms with Gasteiger partial charge in [-0.1, -0.05) is 6.07 Å². The van der Waals surface area contributed by atoms with Crippen molar-refractivity contribution in [3.8, 4) is 5.75 Å². The van der Waals surface area contributed by atoms with Crippen LogP contribution in [0.3, 0.4) is 0 Å². The Kier molecular flexibility index (Phi) is 4.30. The largest absolute Gasteiger partial charge is 0.497 e. The standard InChI is InChI=1S/C14H16BrNOS/c1-9-4-5-11(17-3)6-14(9)16-8-12-7-13(15)10(2)18-12/h4-7,16H,8H2,1-3H3. The van der Waals surface area contributed by atoms with Crippen molar-refractivity contribution >= 4 is 33.0 Å². The summed E-state index contributed by atoms with van der Waals surface area (Å²) in [4.78, 5) is 2.63. The van der Waals surface area contributed by atoms with E-state index in [0.717, 1.165) is 18.0 Å². The third-order valence-electron chi connectivity index (χ3n) is 2.81. The van der Waals surface area contributed by atoms with Crippen molar-refractivity contribution in [3.05, 3.63) is 44.1 Å². The minimum atomic E-state index is 0.838. The molecule has 1 aromatic heterocycles. The first kappa shape index (κ1) is 13.4. The first-order chi connectivity index (χ1) is 8.60. The van der Waals surface area contributed by atoms with E-state index in [0.29, 0.717) is 0 Å². The number of nitrogens with one attached hydrogen (secondary N) is 1. The molecular formula is C14H16BrNOS. The Morgan fingerprint density at radius 2 is 2.06 bits per heavy atom. The van der Waals surface area contributed by atoms with Gasteiger partial charge in [0.15, 0.2) is 0 Å². The second kappa shape index (κ2) is 5.76. The normalized spacial score (nSPS) is 10.4. The van der Waals surface area contributed by atoms with E-state index < -0.39 is 0 Å². The zero-order valence-electron chi connectivity index (χ0n) is 10.7. The van der Waals surface area contributed by atoms with Crippen molar-refractivity contribution in [1.29, 1.82) is 0 Å². The molecule has 18 heavy (non-hydrogen) atoms. The van der Waals surface area contributed by atoms with Crippen LogP contribution in [0.1, 0.15) is 15.3 Å². The van der Waals surface area contributed by atoms with Crippen LogP contribution < -0.4 is 10.1 Å². The molecule has 0 unspecified atom stereocenters. The van der Waals surface area contributed by atoms with Gasteiger partial charge in [0, 0.05) is 32.5 Å². The highest BCUT2D eigenvalue weighted by Crippen LogP contribution is 2.28. The summed E-state index contributed by atoms with van der Waals surface area (Å²) in [5.74, 6) is 0.881. The summed E-state index contributed by atoms with van der Waals surface area (Å²) in [7, 11) is 1.69. The summed E-state index contributed by atoms with van der Waals surface area (Å²) in [6.45, 7) is 5.05. The Hall–Kier alpha value is -1.000. The number of rotatable bonds is 4. The predicted molar refractivity (Wildman–Crippen MR) is 81.8 cm³/mol. The van der Waals surface area contributed by atoms with Crippen LogP contribution in [0.5, 0.6) is 5.75 Å². The smallest absolute Gasteiger partial charge is 0.120 e. The molecule has 1 N–H and O–H groups in total. The number of ether oxygens (including phenoxy) is 1. The van der Waals surface area contributed by atoms with Gasteiger partial charge >= 0.3 is 0 Å². The minimum absolute atomic E-state index is 0.838. The van der Waals surface area contributed by atoms with Crippen LogP contribution >= 0.6 is 27.3 Å². The van der Waals surface area contributed by atoms with Gasteiger partial charge in [0.25, 0.3) is 0 Å². The van der Waals surface area contributed by atoms with E-state index >= 15 is 0 Å². The van der Waals surface area contributed by atoms with Gasteiger partial charge < -0.3 is 10.1 Å². The molecule has 0 spiro atoms. The van der Waals surface area contributed by atoms with Crippen molar-refractivity contribution in [3.63, 3.8) is 0 Å². The molecule has 0 saturated carbocycles. The Morgan fingerprint density at radius 3 is 2.67 bits per heavy atom. The second-order valence-electron chi connectivity index (χ2n) is 4.15.